The smallest absolute Gasteiger partial charge is 0.0772 e. The van der Waals surface area contributed by atoms with Gasteiger partial charge in [0.25, 0.3) is 0 Å². The first-order valence-electron chi connectivity index (χ1n) is 7.18. The Labute approximate surface area is 124 Å². The molecule has 2 rings (SSSR count). The molecule has 1 aromatic carbocycles. The third kappa shape index (κ3) is 3.32. The Morgan fingerprint density at radius 1 is 1.37 bits per heavy atom. The molecule has 0 aromatic heterocycles. The Hall–Kier alpha value is -0.540. The van der Waals surface area contributed by atoms with Crippen LogP contribution in [0.2, 0.25) is 0 Å². The van der Waals surface area contributed by atoms with Gasteiger partial charge in [-0.3, -0.25) is 0 Å². The average molecular weight is 326 g/mol. The van der Waals surface area contributed by atoms with Crippen LogP contribution < -0.4 is 4.90 Å². The highest BCUT2D eigenvalue weighted by Gasteiger charge is 2.28. The number of rotatable bonds is 3. The summed E-state index contributed by atoms with van der Waals surface area (Å²) in [5.41, 5.74) is 2.74. The van der Waals surface area contributed by atoms with Gasteiger partial charge in [-0.2, -0.15) is 0 Å². The van der Waals surface area contributed by atoms with Crippen LogP contribution in [0.3, 0.4) is 0 Å². The Morgan fingerprint density at radius 3 is 2.47 bits per heavy atom. The van der Waals surface area contributed by atoms with Crippen LogP contribution >= 0.6 is 15.9 Å². The number of nitrogens with zero attached hydrogens (tertiary/aromatic N) is 1. The Morgan fingerprint density at radius 2 is 2.00 bits per heavy atom. The first-order valence-corrected chi connectivity index (χ1v) is 7.97. The zero-order valence-electron chi connectivity index (χ0n) is 12.1. The number of aliphatic hydroxyl groups excluding tert-OH is 1. The summed E-state index contributed by atoms with van der Waals surface area (Å²) in [7, 11) is 0. The van der Waals surface area contributed by atoms with E-state index in [1.807, 2.05) is 6.07 Å². The van der Waals surface area contributed by atoms with Gasteiger partial charge in [0.2, 0.25) is 0 Å². The zero-order valence-corrected chi connectivity index (χ0v) is 13.7. The molecule has 1 unspecified atom stereocenters. The summed E-state index contributed by atoms with van der Waals surface area (Å²) in [6, 6.07) is 6.29. The molecule has 0 radical (unpaired) electrons. The molecule has 0 spiro atoms. The van der Waals surface area contributed by atoms with E-state index in [0.717, 1.165) is 23.1 Å². The number of aliphatic hydroxyl groups is 1. The van der Waals surface area contributed by atoms with E-state index in [4.69, 9.17) is 0 Å². The topological polar surface area (TPSA) is 23.5 Å². The predicted molar refractivity (Wildman–Crippen MR) is 84.6 cm³/mol. The fraction of sp³-hybridized carbons (Fsp3) is 0.625. The molecule has 1 heterocycles. The normalized spacial score (nSPS) is 20.4. The second kappa shape index (κ2) is 5.84. The number of anilines is 1. The third-order valence-corrected chi connectivity index (χ3v) is 5.31. The van der Waals surface area contributed by atoms with E-state index in [1.165, 1.54) is 24.9 Å². The molecule has 1 aromatic rings. The number of piperidine rings is 1. The first kappa shape index (κ1) is 14.9. The van der Waals surface area contributed by atoms with Crippen LogP contribution in [-0.2, 0) is 0 Å². The van der Waals surface area contributed by atoms with Gasteiger partial charge in [-0.05, 0) is 42.9 Å². The largest absolute Gasteiger partial charge is 0.389 e. The molecule has 0 aliphatic carbocycles. The monoisotopic (exact) mass is 325 g/mol. The molecule has 1 saturated heterocycles. The lowest BCUT2D eigenvalue weighted by Gasteiger charge is -2.40. The zero-order chi connectivity index (χ0) is 14.0. The molecule has 1 fully saturated rings. The second-order valence-corrected chi connectivity index (χ2v) is 6.89. The highest BCUT2D eigenvalue weighted by atomic mass is 79.9. The predicted octanol–water partition coefficient (Wildman–Crippen LogP) is 4.52. The van der Waals surface area contributed by atoms with Crippen molar-refractivity contribution >= 4 is 21.6 Å². The minimum atomic E-state index is -0.423. The fourth-order valence-electron chi connectivity index (χ4n) is 2.71. The number of benzene rings is 1. The van der Waals surface area contributed by atoms with Crippen LogP contribution in [0.4, 0.5) is 5.69 Å². The number of halogens is 1. The highest BCUT2D eigenvalue weighted by Crippen LogP contribution is 2.36. The van der Waals surface area contributed by atoms with Gasteiger partial charge >= 0.3 is 0 Å². The molecule has 3 heteroatoms. The molecule has 0 bridgehead atoms. The summed E-state index contributed by atoms with van der Waals surface area (Å²) in [5, 5.41) is 9.66. The van der Waals surface area contributed by atoms with Crippen LogP contribution in [0.1, 0.15) is 51.7 Å². The standard InChI is InChI=1S/C16H24BrNO/c1-4-16(3)7-9-18(10-8-16)13-5-6-14(12(2)19)15(17)11-13/h5-6,11-12,19H,4,7-10H2,1-3H3. The van der Waals surface area contributed by atoms with Gasteiger partial charge in [0.05, 0.1) is 6.10 Å². The van der Waals surface area contributed by atoms with Crippen LogP contribution in [0.5, 0.6) is 0 Å². The molecule has 1 aliphatic rings. The summed E-state index contributed by atoms with van der Waals surface area (Å²) in [4.78, 5) is 2.45. The summed E-state index contributed by atoms with van der Waals surface area (Å²) < 4.78 is 1.00. The lowest BCUT2D eigenvalue weighted by molar-refractivity contribution is 0.198. The van der Waals surface area contributed by atoms with Crippen molar-refractivity contribution in [3.05, 3.63) is 28.2 Å². The van der Waals surface area contributed by atoms with Gasteiger partial charge in [0, 0.05) is 23.2 Å². The van der Waals surface area contributed by atoms with Crippen molar-refractivity contribution in [1.29, 1.82) is 0 Å². The van der Waals surface area contributed by atoms with Gasteiger partial charge in [-0.15, -0.1) is 0 Å². The summed E-state index contributed by atoms with van der Waals surface area (Å²) in [5.74, 6) is 0. The molecule has 1 N–H and O–H groups in total. The highest BCUT2D eigenvalue weighted by molar-refractivity contribution is 9.10. The Balaban J connectivity index is 2.10. The fourth-order valence-corrected chi connectivity index (χ4v) is 3.41. The SMILES string of the molecule is CCC1(C)CCN(c2ccc(C(C)O)c(Br)c2)CC1. The maximum Gasteiger partial charge on any atom is 0.0772 e. The Bertz CT molecular complexity index is 436. The van der Waals surface area contributed by atoms with Gasteiger partial charge in [-0.25, -0.2) is 0 Å². The lowest BCUT2D eigenvalue weighted by atomic mass is 9.78. The van der Waals surface area contributed by atoms with E-state index in [2.05, 4.69) is 46.8 Å². The van der Waals surface area contributed by atoms with Crippen molar-refractivity contribution in [2.24, 2.45) is 5.41 Å². The maximum atomic E-state index is 9.66. The molecule has 19 heavy (non-hydrogen) atoms. The second-order valence-electron chi connectivity index (χ2n) is 6.03. The van der Waals surface area contributed by atoms with Crippen LogP contribution in [-0.4, -0.2) is 18.2 Å². The molecule has 1 atom stereocenters. The average Bonchev–Trinajstić information content (AvgIpc) is 2.39. The summed E-state index contributed by atoms with van der Waals surface area (Å²) >= 11 is 3.56. The van der Waals surface area contributed by atoms with Crippen LogP contribution in [0, 0.1) is 5.41 Å². The van der Waals surface area contributed by atoms with Crippen molar-refractivity contribution in [3.8, 4) is 0 Å². The third-order valence-electron chi connectivity index (χ3n) is 4.62. The van der Waals surface area contributed by atoms with E-state index in [9.17, 15) is 5.11 Å². The minimum Gasteiger partial charge on any atom is -0.389 e. The molecular weight excluding hydrogens is 302 g/mol. The molecular formula is C16H24BrNO. The van der Waals surface area contributed by atoms with Crippen molar-refractivity contribution in [2.45, 2.75) is 46.1 Å². The first-order chi connectivity index (χ1) is 8.95. The van der Waals surface area contributed by atoms with Crippen LogP contribution in [0.15, 0.2) is 22.7 Å². The van der Waals surface area contributed by atoms with Crippen LogP contribution in [0.25, 0.3) is 0 Å². The van der Waals surface area contributed by atoms with Crippen molar-refractivity contribution in [2.75, 3.05) is 18.0 Å². The van der Waals surface area contributed by atoms with Gasteiger partial charge in [-0.1, -0.05) is 42.3 Å². The van der Waals surface area contributed by atoms with Crippen molar-refractivity contribution in [1.82, 2.24) is 0 Å². The summed E-state index contributed by atoms with van der Waals surface area (Å²) in [6.45, 7) is 8.75. The van der Waals surface area contributed by atoms with E-state index in [-0.39, 0.29) is 0 Å². The molecule has 2 nitrogen and oxygen atoms in total. The van der Waals surface area contributed by atoms with Gasteiger partial charge < -0.3 is 10.0 Å². The number of hydrogen-bond acceptors (Lipinski definition) is 2. The lowest BCUT2D eigenvalue weighted by Crippen LogP contribution is -2.38. The number of hydrogen-bond donors (Lipinski definition) is 1. The quantitative estimate of drug-likeness (QED) is 0.883. The van der Waals surface area contributed by atoms with Crippen molar-refractivity contribution < 1.29 is 5.11 Å². The van der Waals surface area contributed by atoms with Gasteiger partial charge in [0.15, 0.2) is 0 Å². The van der Waals surface area contributed by atoms with E-state index < -0.39 is 6.10 Å². The molecule has 0 amide bonds. The summed E-state index contributed by atoms with van der Waals surface area (Å²) in [6.07, 6.45) is 3.37. The van der Waals surface area contributed by atoms with Crippen molar-refractivity contribution in [3.63, 3.8) is 0 Å². The molecule has 1 aliphatic heterocycles. The van der Waals surface area contributed by atoms with E-state index >= 15 is 0 Å². The minimum absolute atomic E-state index is 0.423. The Kier molecular flexibility index (Phi) is 4.57. The van der Waals surface area contributed by atoms with E-state index in [1.54, 1.807) is 6.92 Å². The molecule has 0 saturated carbocycles. The van der Waals surface area contributed by atoms with E-state index in [0.29, 0.717) is 5.41 Å². The maximum absolute atomic E-state index is 9.66. The van der Waals surface area contributed by atoms with Gasteiger partial charge in [0.1, 0.15) is 0 Å². The molecule has 106 valence electrons.